The molecule has 1 aromatic rings. The van der Waals surface area contributed by atoms with Gasteiger partial charge in [0, 0.05) is 12.6 Å². The topological polar surface area (TPSA) is 12.0 Å². The molecule has 3 atom stereocenters. The molecule has 0 aromatic heterocycles. The maximum atomic E-state index is 13.3. The Morgan fingerprint density at radius 2 is 2.11 bits per heavy atom. The molecular weight excluding hydrogens is 249 g/mol. The van der Waals surface area contributed by atoms with Gasteiger partial charge in [-0.15, -0.1) is 0 Å². The Bertz CT molecular complexity index is 407. The van der Waals surface area contributed by atoms with Gasteiger partial charge in [-0.2, -0.15) is 0 Å². The van der Waals surface area contributed by atoms with Crippen molar-refractivity contribution in [3.63, 3.8) is 0 Å². The van der Waals surface area contributed by atoms with Gasteiger partial charge in [-0.25, -0.2) is 4.39 Å². The van der Waals surface area contributed by atoms with E-state index >= 15 is 0 Å². The van der Waals surface area contributed by atoms with Crippen LogP contribution >= 0.6 is 11.6 Å². The first-order valence-corrected chi connectivity index (χ1v) is 7.11. The molecule has 0 aliphatic heterocycles. The van der Waals surface area contributed by atoms with Gasteiger partial charge in [-0.1, -0.05) is 31.5 Å². The van der Waals surface area contributed by atoms with Crippen LogP contribution in [0, 0.1) is 17.7 Å². The molecule has 18 heavy (non-hydrogen) atoms. The van der Waals surface area contributed by atoms with Crippen LogP contribution in [0.25, 0.3) is 0 Å². The van der Waals surface area contributed by atoms with Crippen LogP contribution in [-0.4, -0.2) is 6.04 Å². The van der Waals surface area contributed by atoms with Gasteiger partial charge < -0.3 is 5.32 Å². The predicted octanol–water partition coefficient (Wildman–Crippen LogP) is 4.39. The second kappa shape index (κ2) is 6.03. The van der Waals surface area contributed by atoms with Crippen molar-refractivity contribution in [1.29, 1.82) is 0 Å². The van der Waals surface area contributed by atoms with Crippen LogP contribution < -0.4 is 5.32 Å². The average Bonchev–Trinajstić information content (AvgIpc) is 2.32. The fraction of sp³-hybridized carbons (Fsp3) is 0.600. The molecule has 3 heteroatoms. The van der Waals surface area contributed by atoms with Crippen molar-refractivity contribution in [1.82, 2.24) is 5.32 Å². The third kappa shape index (κ3) is 3.46. The van der Waals surface area contributed by atoms with Crippen LogP contribution in [0.3, 0.4) is 0 Å². The lowest BCUT2D eigenvalue weighted by Gasteiger charge is -2.33. The highest BCUT2D eigenvalue weighted by Crippen LogP contribution is 2.28. The smallest absolute Gasteiger partial charge is 0.142 e. The molecule has 1 nitrogen and oxygen atoms in total. The molecule has 0 amide bonds. The zero-order valence-corrected chi connectivity index (χ0v) is 11.8. The van der Waals surface area contributed by atoms with Gasteiger partial charge in [0.1, 0.15) is 5.82 Å². The van der Waals surface area contributed by atoms with Crippen molar-refractivity contribution >= 4 is 11.6 Å². The lowest BCUT2D eigenvalue weighted by molar-refractivity contribution is 0.227. The number of benzene rings is 1. The first kappa shape index (κ1) is 13.8. The molecule has 0 heterocycles. The second-order valence-electron chi connectivity index (χ2n) is 5.63. The molecular formula is C15H21ClFN. The first-order chi connectivity index (χ1) is 8.56. The summed E-state index contributed by atoms with van der Waals surface area (Å²) in [5, 5.41) is 3.74. The molecule has 1 saturated carbocycles. The fourth-order valence-corrected chi connectivity index (χ4v) is 2.98. The summed E-state index contributed by atoms with van der Waals surface area (Å²) in [6.45, 7) is 5.34. The highest BCUT2D eigenvalue weighted by atomic mass is 35.5. The lowest BCUT2D eigenvalue weighted by atomic mass is 9.80. The average molecular weight is 270 g/mol. The molecule has 1 fully saturated rings. The number of hydrogen-bond donors (Lipinski definition) is 1. The summed E-state index contributed by atoms with van der Waals surface area (Å²) in [4.78, 5) is 0. The van der Waals surface area contributed by atoms with Crippen molar-refractivity contribution in [3.8, 4) is 0 Å². The van der Waals surface area contributed by atoms with Crippen molar-refractivity contribution in [2.24, 2.45) is 11.8 Å². The van der Waals surface area contributed by atoms with E-state index in [4.69, 9.17) is 11.6 Å². The maximum Gasteiger partial charge on any atom is 0.142 e. The highest BCUT2D eigenvalue weighted by molar-refractivity contribution is 6.30. The van der Waals surface area contributed by atoms with E-state index in [-0.39, 0.29) is 10.8 Å². The van der Waals surface area contributed by atoms with Crippen molar-refractivity contribution in [3.05, 3.63) is 34.6 Å². The second-order valence-corrected chi connectivity index (χ2v) is 6.04. The van der Waals surface area contributed by atoms with Gasteiger partial charge >= 0.3 is 0 Å². The Labute approximate surface area is 114 Å². The summed E-state index contributed by atoms with van der Waals surface area (Å²) in [6, 6.07) is 5.58. The number of rotatable bonds is 3. The van der Waals surface area contributed by atoms with Gasteiger partial charge in [0.05, 0.1) is 5.02 Å². The summed E-state index contributed by atoms with van der Waals surface area (Å²) < 4.78 is 13.3. The normalized spacial score (nSPS) is 28.3. The fourth-order valence-electron chi connectivity index (χ4n) is 2.87. The SMILES string of the molecule is CC1CCC(NCc2ccc(Cl)c(F)c2)C(C)C1. The summed E-state index contributed by atoms with van der Waals surface area (Å²) in [7, 11) is 0. The summed E-state index contributed by atoms with van der Waals surface area (Å²) in [5.74, 6) is 1.21. The summed E-state index contributed by atoms with van der Waals surface area (Å²) in [5.41, 5.74) is 0.961. The summed E-state index contributed by atoms with van der Waals surface area (Å²) in [6.07, 6.45) is 3.79. The van der Waals surface area contributed by atoms with Crippen LogP contribution in [0.4, 0.5) is 4.39 Å². The van der Waals surface area contributed by atoms with Crippen LogP contribution in [0.1, 0.15) is 38.7 Å². The van der Waals surface area contributed by atoms with Gasteiger partial charge in [0.25, 0.3) is 0 Å². The molecule has 0 saturated heterocycles. The minimum atomic E-state index is -0.332. The van der Waals surface area contributed by atoms with E-state index in [1.54, 1.807) is 6.07 Å². The Hall–Kier alpha value is -0.600. The Morgan fingerprint density at radius 1 is 1.33 bits per heavy atom. The van der Waals surface area contributed by atoms with E-state index < -0.39 is 0 Å². The molecule has 0 radical (unpaired) electrons. The van der Waals surface area contributed by atoms with Gasteiger partial charge in [-0.05, 0) is 48.8 Å². The molecule has 1 aliphatic rings. The lowest BCUT2D eigenvalue weighted by Crippen LogP contribution is -2.38. The number of nitrogens with one attached hydrogen (secondary N) is 1. The molecule has 1 aliphatic carbocycles. The minimum absolute atomic E-state index is 0.193. The van der Waals surface area contributed by atoms with Crippen LogP contribution in [-0.2, 0) is 6.54 Å². The molecule has 3 unspecified atom stereocenters. The van der Waals surface area contributed by atoms with Crippen LogP contribution in [0.2, 0.25) is 5.02 Å². The van der Waals surface area contributed by atoms with E-state index in [2.05, 4.69) is 19.2 Å². The maximum absolute atomic E-state index is 13.3. The number of hydrogen-bond acceptors (Lipinski definition) is 1. The molecule has 0 spiro atoms. The molecule has 100 valence electrons. The van der Waals surface area contributed by atoms with E-state index in [1.807, 2.05) is 6.07 Å². The largest absolute Gasteiger partial charge is 0.310 e. The van der Waals surface area contributed by atoms with Crippen molar-refractivity contribution < 1.29 is 4.39 Å². The minimum Gasteiger partial charge on any atom is -0.310 e. The van der Waals surface area contributed by atoms with E-state index in [1.165, 1.54) is 25.3 Å². The van der Waals surface area contributed by atoms with E-state index in [0.29, 0.717) is 12.0 Å². The zero-order chi connectivity index (χ0) is 13.1. The third-order valence-electron chi connectivity index (χ3n) is 3.98. The van der Waals surface area contributed by atoms with Gasteiger partial charge in [0.2, 0.25) is 0 Å². The van der Waals surface area contributed by atoms with Gasteiger partial charge in [0.15, 0.2) is 0 Å². The molecule has 1 aromatic carbocycles. The monoisotopic (exact) mass is 269 g/mol. The quantitative estimate of drug-likeness (QED) is 0.858. The zero-order valence-electron chi connectivity index (χ0n) is 11.0. The van der Waals surface area contributed by atoms with E-state index in [9.17, 15) is 4.39 Å². The molecule has 0 bridgehead atoms. The standard InChI is InChI=1S/C15H21ClFN/c1-10-3-6-15(11(2)7-10)18-9-12-4-5-13(16)14(17)8-12/h4-5,8,10-11,15,18H,3,6-7,9H2,1-2H3. The molecule has 2 rings (SSSR count). The van der Waals surface area contributed by atoms with Crippen molar-refractivity contribution in [2.75, 3.05) is 0 Å². The molecule has 1 N–H and O–H groups in total. The van der Waals surface area contributed by atoms with Crippen LogP contribution in [0.5, 0.6) is 0 Å². The Kier molecular flexibility index (Phi) is 4.63. The number of halogens is 2. The van der Waals surface area contributed by atoms with Crippen LogP contribution in [0.15, 0.2) is 18.2 Å². The van der Waals surface area contributed by atoms with Crippen molar-refractivity contribution in [2.45, 2.75) is 45.7 Å². The Morgan fingerprint density at radius 3 is 2.78 bits per heavy atom. The van der Waals surface area contributed by atoms with Gasteiger partial charge in [-0.3, -0.25) is 0 Å². The first-order valence-electron chi connectivity index (χ1n) is 6.73. The van der Waals surface area contributed by atoms with E-state index in [0.717, 1.165) is 18.0 Å². The summed E-state index contributed by atoms with van der Waals surface area (Å²) >= 11 is 5.67. The third-order valence-corrected chi connectivity index (χ3v) is 4.29. The highest BCUT2D eigenvalue weighted by Gasteiger charge is 2.24. The predicted molar refractivity (Wildman–Crippen MR) is 74.2 cm³/mol. The Balaban J connectivity index is 1.89.